The van der Waals surface area contributed by atoms with Crippen LogP contribution < -0.4 is 0 Å². The van der Waals surface area contributed by atoms with Gasteiger partial charge in [0.05, 0.1) is 18.8 Å². The van der Waals surface area contributed by atoms with Gasteiger partial charge in [0, 0.05) is 0 Å². The van der Waals surface area contributed by atoms with E-state index in [0.29, 0.717) is 6.61 Å². The number of aliphatic hydroxyl groups is 1. The molecular weight excluding hydrogens is 164 g/mol. The van der Waals surface area contributed by atoms with E-state index in [1.807, 2.05) is 18.2 Å². The van der Waals surface area contributed by atoms with Crippen LogP contribution in [0.5, 0.6) is 0 Å². The van der Waals surface area contributed by atoms with Crippen molar-refractivity contribution >= 4 is 0 Å². The molecule has 0 radical (unpaired) electrons. The van der Waals surface area contributed by atoms with Crippen molar-refractivity contribution in [1.82, 2.24) is 0 Å². The average Bonchev–Trinajstić information content (AvgIpc) is 2.12. The Labute approximate surface area is 78.2 Å². The second-order valence-electron chi connectivity index (χ2n) is 3.54. The molecule has 0 spiro atoms. The Hall–Kier alpha value is -0.860. The van der Waals surface area contributed by atoms with Gasteiger partial charge in [0.1, 0.15) is 0 Å². The Morgan fingerprint density at radius 1 is 1.23 bits per heavy atom. The Kier molecular flexibility index (Phi) is 2.62. The number of hydrogen-bond donors (Lipinski definition) is 1. The van der Waals surface area contributed by atoms with Crippen LogP contribution >= 0.6 is 0 Å². The average molecular weight is 178 g/mol. The predicted molar refractivity (Wildman–Crippen MR) is 50.3 cm³/mol. The van der Waals surface area contributed by atoms with Crippen molar-refractivity contribution in [2.24, 2.45) is 0 Å². The molecule has 2 rings (SSSR count). The van der Waals surface area contributed by atoms with E-state index in [2.05, 4.69) is 12.1 Å². The van der Waals surface area contributed by atoms with Crippen molar-refractivity contribution in [3.8, 4) is 0 Å². The van der Waals surface area contributed by atoms with Crippen molar-refractivity contribution in [2.75, 3.05) is 0 Å². The summed E-state index contributed by atoms with van der Waals surface area (Å²) in [6, 6.07) is 10.1. The molecule has 70 valence electrons. The Bertz CT molecular complexity index is 252. The van der Waals surface area contributed by atoms with Gasteiger partial charge in [-0.25, -0.2) is 0 Å². The molecule has 0 heterocycles. The second kappa shape index (κ2) is 3.90. The number of hydrogen-bond acceptors (Lipinski definition) is 2. The summed E-state index contributed by atoms with van der Waals surface area (Å²) in [6.07, 6.45) is 1.75. The molecule has 0 saturated heterocycles. The van der Waals surface area contributed by atoms with Crippen molar-refractivity contribution < 1.29 is 9.84 Å². The minimum Gasteiger partial charge on any atom is -0.393 e. The third-order valence-corrected chi connectivity index (χ3v) is 2.40. The molecule has 1 aromatic rings. The monoisotopic (exact) mass is 178 g/mol. The normalized spacial score (nSPS) is 26.8. The molecular formula is C11H14O2. The highest BCUT2D eigenvalue weighted by Gasteiger charge is 2.27. The summed E-state index contributed by atoms with van der Waals surface area (Å²) >= 11 is 0. The highest BCUT2D eigenvalue weighted by atomic mass is 16.5. The topological polar surface area (TPSA) is 29.5 Å². The highest BCUT2D eigenvalue weighted by molar-refractivity contribution is 5.13. The van der Waals surface area contributed by atoms with Gasteiger partial charge in [-0.3, -0.25) is 0 Å². The SMILES string of the molecule is OC1CC(OCc2ccccc2)C1. The molecule has 2 nitrogen and oxygen atoms in total. The van der Waals surface area contributed by atoms with E-state index in [1.165, 1.54) is 5.56 Å². The maximum atomic E-state index is 9.04. The largest absolute Gasteiger partial charge is 0.393 e. The van der Waals surface area contributed by atoms with Gasteiger partial charge < -0.3 is 9.84 Å². The molecule has 0 atom stereocenters. The molecule has 1 fully saturated rings. The lowest BCUT2D eigenvalue weighted by molar-refractivity contribution is -0.0778. The molecule has 1 N–H and O–H groups in total. The molecule has 0 aromatic heterocycles. The van der Waals surface area contributed by atoms with Gasteiger partial charge in [-0.2, -0.15) is 0 Å². The summed E-state index contributed by atoms with van der Waals surface area (Å²) < 4.78 is 5.57. The van der Waals surface area contributed by atoms with E-state index in [4.69, 9.17) is 9.84 Å². The predicted octanol–water partition coefficient (Wildman–Crippen LogP) is 1.73. The number of aliphatic hydroxyl groups excluding tert-OH is 1. The third kappa shape index (κ3) is 2.29. The van der Waals surface area contributed by atoms with Crippen LogP contribution in [0, 0.1) is 0 Å². The summed E-state index contributed by atoms with van der Waals surface area (Å²) in [4.78, 5) is 0. The lowest BCUT2D eigenvalue weighted by atomic mass is 9.92. The summed E-state index contributed by atoms with van der Waals surface area (Å²) in [5.74, 6) is 0. The fraction of sp³-hybridized carbons (Fsp3) is 0.455. The third-order valence-electron chi connectivity index (χ3n) is 2.40. The quantitative estimate of drug-likeness (QED) is 0.763. The Morgan fingerprint density at radius 2 is 1.92 bits per heavy atom. The van der Waals surface area contributed by atoms with Crippen LogP contribution in [0.3, 0.4) is 0 Å². The zero-order valence-corrected chi connectivity index (χ0v) is 7.52. The lowest BCUT2D eigenvalue weighted by Gasteiger charge is -2.31. The molecule has 13 heavy (non-hydrogen) atoms. The van der Waals surface area contributed by atoms with Crippen LogP contribution in [0.1, 0.15) is 18.4 Å². The van der Waals surface area contributed by atoms with E-state index in [0.717, 1.165) is 12.8 Å². The standard InChI is InChI=1S/C11H14O2/c12-10-6-11(7-10)13-8-9-4-2-1-3-5-9/h1-5,10-12H,6-8H2. The van der Waals surface area contributed by atoms with Crippen molar-refractivity contribution in [1.29, 1.82) is 0 Å². The van der Waals surface area contributed by atoms with Gasteiger partial charge in [0.2, 0.25) is 0 Å². The fourth-order valence-electron chi connectivity index (χ4n) is 1.46. The minimum atomic E-state index is -0.124. The lowest BCUT2D eigenvalue weighted by Crippen LogP contribution is -2.35. The molecule has 0 amide bonds. The molecule has 2 heteroatoms. The summed E-state index contributed by atoms with van der Waals surface area (Å²) in [5, 5.41) is 9.04. The van der Waals surface area contributed by atoms with Gasteiger partial charge in [-0.05, 0) is 18.4 Å². The maximum Gasteiger partial charge on any atom is 0.0720 e. The first-order valence-corrected chi connectivity index (χ1v) is 4.68. The second-order valence-corrected chi connectivity index (χ2v) is 3.54. The first-order chi connectivity index (χ1) is 6.34. The van der Waals surface area contributed by atoms with Crippen LogP contribution in [-0.4, -0.2) is 17.3 Å². The Morgan fingerprint density at radius 3 is 2.54 bits per heavy atom. The van der Waals surface area contributed by atoms with Crippen LogP contribution in [0.2, 0.25) is 0 Å². The molecule has 1 aromatic carbocycles. The zero-order chi connectivity index (χ0) is 9.10. The number of ether oxygens (including phenoxy) is 1. The van der Waals surface area contributed by atoms with Gasteiger partial charge in [0.15, 0.2) is 0 Å². The van der Waals surface area contributed by atoms with Crippen LogP contribution in [0.25, 0.3) is 0 Å². The molecule has 1 aliphatic rings. The zero-order valence-electron chi connectivity index (χ0n) is 7.52. The molecule has 0 bridgehead atoms. The van der Waals surface area contributed by atoms with Crippen molar-refractivity contribution in [3.05, 3.63) is 35.9 Å². The summed E-state index contributed by atoms with van der Waals surface area (Å²) in [6.45, 7) is 0.665. The van der Waals surface area contributed by atoms with Crippen LogP contribution in [0.4, 0.5) is 0 Å². The van der Waals surface area contributed by atoms with E-state index in [9.17, 15) is 0 Å². The van der Waals surface area contributed by atoms with E-state index < -0.39 is 0 Å². The smallest absolute Gasteiger partial charge is 0.0720 e. The highest BCUT2D eigenvalue weighted by Crippen LogP contribution is 2.23. The molecule has 0 unspecified atom stereocenters. The van der Waals surface area contributed by atoms with Crippen LogP contribution in [0.15, 0.2) is 30.3 Å². The van der Waals surface area contributed by atoms with E-state index in [1.54, 1.807) is 0 Å². The maximum absolute atomic E-state index is 9.04. The molecule has 1 aliphatic carbocycles. The van der Waals surface area contributed by atoms with Crippen molar-refractivity contribution in [3.63, 3.8) is 0 Å². The minimum absolute atomic E-state index is 0.124. The number of benzene rings is 1. The first kappa shape index (κ1) is 8.73. The van der Waals surface area contributed by atoms with Crippen LogP contribution in [-0.2, 0) is 11.3 Å². The van der Waals surface area contributed by atoms with Gasteiger partial charge >= 0.3 is 0 Å². The van der Waals surface area contributed by atoms with Gasteiger partial charge in [-0.15, -0.1) is 0 Å². The molecule has 1 saturated carbocycles. The van der Waals surface area contributed by atoms with E-state index >= 15 is 0 Å². The molecule has 0 aliphatic heterocycles. The summed E-state index contributed by atoms with van der Waals surface area (Å²) in [5.41, 5.74) is 1.20. The summed E-state index contributed by atoms with van der Waals surface area (Å²) in [7, 11) is 0. The van der Waals surface area contributed by atoms with Crippen molar-refractivity contribution in [2.45, 2.75) is 31.7 Å². The fourth-order valence-corrected chi connectivity index (χ4v) is 1.46. The van der Waals surface area contributed by atoms with Gasteiger partial charge in [0.25, 0.3) is 0 Å². The number of rotatable bonds is 3. The Balaban J connectivity index is 1.74. The van der Waals surface area contributed by atoms with Gasteiger partial charge in [-0.1, -0.05) is 30.3 Å². The van der Waals surface area contributed by atoms with E-state index in [-0.39, 0.29) is 12.2 Å². The first-order valence-electron chi connectivity index (χ1n) is 4.68.